The Bertz CT molecular complexity index is 657. The van der Waals surface area contributed by atoms with Gasteiger partial charge in [0.1, 0.15) is 5.75 Å². The molecule has 0 radical (unpaired) electrons. The summed E-state index contributed by atoms with van der Waals surface area (Å²) in [6, 6.07) is 14.8. The van der Waals surface area contributed by atoms with Crippen molar-refractivity contribution in [2.24, 2.45) is 0 Å². The van der Waals surface area contributed by atoms with E-state index < -0.39 is 5.60 Å². The van der Waals surface area contributed by atoms with E-state index in [1.807, 2.05) is 24.3 Å². The van der Waals surface area contributed by atoms with Crippen molar-refractivity contribution in [3.63, 3.8) is 0 Å². The van der Waals surface area contributed by atoms with E-state index >= 15 is 0 Å². The highest BCUT2D eigenvalue weighted by atomic mass is 16.5. The summed E-state index contributed by atoms with van der Waals surface area (Å²) in [5, 5.41) is 12.7. The molecule has 0 aliphatic rings. The fourth-order valence-corrected chi connectivity index (χ4v) is 2.17. The van der Waals surface area contributed by atoms with Gasteiger partial charge in [-0.05, 0) is 55.7 Å². The number of carbonyl (C=O) groups excluding carboxylic acids is 1. The topological polar surface area (TPSA) is 58.6 Å². The third kappa shape index (κ3) is 5.11. The second kappa shape index (κ2) is 7.29. The van der Waals surface area contributed by atoms with E-state index in [9.17, 15) is 9.90 Å². The van der Waals surface area contributed by atoms with Crippen molar-refractivity contribution >= 4 is 11.6 Å². The highest BCUT2D eigenvalue weighted by molar-refractivity contribution is 5.91. The number of hydrogen-bond acceptors (Lipinski definition) is 3. The Morgan fingerprint density at radius 3 is 2.48 bits per heavy atom. The lowest BCUT2D eigenvalue weighted by atomic mass is 9.99. The minimum Gasteiger partial charge on any atom is -0.484 e. The molecule has 0 saturated carbocycles. The van der Waals surface area contributed by atoms with Gasteiger partial charge in [0, 0.05) is 5.69 Å². The van der Waals surface area contributed by atoms with Gasteiger partial charge in [0.2, 0.25) is 0 Å². The first kappa shape index (κ1) is 17.0. The van der Waals surface area contributed by atoms with Gasteiger partial charge in [0.15, 0.2) is 6.61 Å². The van der Waals surface area contributed by atoms with Crippen molar-refractivity contribution in [2.75, 3.05) is 11.9 Å². The molecule has 0 aromatic heterocycles. The number of hydrogen-bond donors (Lipinski definition) is 2. The number of rotatable bonds is 6. The summed E-state index contributed by atoms with van der Waals surface area (Å²) >= 11 is 0. The molecule has 0 aliphatic heterocycles. The van der Waals surface area contributed by atoms with Gasteiger partial charge >= 0.3 is 0 Å². The summed E-state index contributed by atoms with van der Waals surface area (Å²) in [4.78, 5) is 11.9. The molecular formula is C19H23NO3. The van der Waals surface area contributed by atoms with Crippen molar-refractivity contribution < 1.29 is 14.6 Å². The number of nitrogens with one attached hydrogen (secondary N) is 1. The smallest absolute Gasteiger partial charge is 0.262 e. The van der Waals surface area contributed by atoms with Crippen LogP contribution in [0.2, 0.25) is 0 Å². The van der Waals surface area contributed by atoms with Gasteiger partial charge < -0.3 is 15.2 Å². The van der Waals surface area contributed by atoms with E-state index in [-0.39, 0.29) is 12.5 Å². The monoisotopic (exact) mass is 313 g/mol. The van der Waals surface area contributed by atoms with Crippen LogP contribution in [-0.4, -0.2) is 17.6 Å². The van der Waals surface area contributed by atoms with E-state index in [2.05, 4.69) is 12.2 Å². The zero-order valence-electron chi connectivity index (χ0n) is 13.8. The molecule has 4 heteroatoms. The Balaban J connectivity index is 1.89. The molecule has 0 atom stereocenters. The Labute approximate surface area is 137 Å². The summed E-state index contributed by atoms with van der Waals surface area (Å²) in [6.07, 6.45) is 0.924. The number of aliphatic hydroxyl groups is 1. The number of carbonyl (C=O) groups is 1. The molecule has 0 spiro atoms. The first-order chi connectivity index (χ1) is 10.9. The molecule has 0 saturated heterocycles. The maximum atomic E-state index is 11.9. The van der Waals surface area contributed by atoms with Crippen molar-refractivity contribution in [2.45, 2.75) is 32.8 Å². The standard InChI is InChI=1S/C19H23NO3/c1-4-14-6-5-7-16(12-14)20-18(21)13-23-17-10-8-15(9-11-17)19(2,3)22/h5-12,22H,4,13H2,1-3H3,(H,20,21). The number of benzene rings is 2. The van der Waals surface area contributed by atoms with E-state index in [4.69, 9.17) is 4.74 Å². The molecular weight excluding hydrogens is 290 g/mol. The van der Waals surface area contributed by atoms with Crippen molar-refractivity contribution in [3.05, 3.63) is 59.7 Å². The van der Waals surface area contributed by atoms with Gasteiger partial charge in [-0.2, -0.15) is 0 Å². The predicted molar refractivity (Wildman–Crippen MR) is 91.6 cm³/mol. The third-order valence-electron chi connectivity index (χ3n) is 3.55. The lowest BCUT2D eigenvalue weighted by molar-refractivity contribution is -0.118. The molecule has 0 bridgehead atoms. The first-order valence-corrected chi connectivity index (χ1v) is 7.73. The number of amides is 1. The SMILES string of the molecule is CCc1cccc(NC(=O)COc2ccc(C(C)(C)O)cc2)c1. The van der Waals surface area contributed by atoms with Crippen LogP contribution in [0, 0.1) is 0 Å². The van der Waals surface area contributed by atoms with Crippen LogP contribution in [0.5, 0.6) is 5.75 Å². The highest BCUT2D eigenvalue weighted by Gasteiger charge is 2.15. The van der Waals surface area contributed by atoms with Crippen molar-refractivity contribution in [1.29, 1.82) is 0 Å². The Kier molecular flexibility index (Phi) is 5.40. The summed E-state index contributed by atoms with van der Waals surface area (Å²) < 4.78 is 5.47. The van der Waals surface area contributed by atoms with E-state index in [1.54, 1.807) is 38.1 Å². The lowest BCUT2D eigenvalue weighted by Gasteiger charge is -2.17. The quantitative estimate of drug-likeness (QED) is 0.858. The van der Waals surface area contributed by atoms with Crippen LogP contribution in [-0.2, 0) is 16.8 Å². The van der Waals surface area contributed by atoms with Gasteiger partial charge in [-0.1, -0.05) is 31.2 Å². The summed E-state index contributed by atoms with van der Waals surface area (Å²) in [6.45, 7) is 5.46. The Morgan fingerprint density at radius 2 is 1.87 bits per heavy atom. The number of aryl methyl sites for hydroxylation is 1. The average molecular weight is 313 g/mol. The lowest BCUT2D eigenvalue weighted by Crippen LogP contribution is -2.20. The van der Waals surface area contributed by atoms with Crippen LogP contribution in [0.15, 0.2) is 48.5 Å². The molecule has 0 fully saturated rings. The maximum Gasteiger partial charge on any atom is 0.262 e. The summed E-state index contributed by atoms with van der Waals surface area (Å²) in [7, 11) is 0. The molecule has 2 N–H and O–H groups in total. The first-order valence-electron chi connectivity index (χ1n) is 7.73. The van der Waals surface area contributed by atoms with Crippen molar-refractivity contribution in [3.8, 4) is 5.75 Å². The molecule has 0 heterocycles. The minimum atomic E-state index is -0.889. The van der Waals surface area contributed by atoms with Crippen LogP contribution < -0.4 is 10.1 Å². The molecule has 4 nitrogen and oxygen atoms in total. The average Bonchev–Trinajstić information content (AvgIpc) is 2.52. The molecule has 0 unspecified atom stereocenters. The second-order valence-corrected chi connectivity index (χ2v) is 5.97. The molecule has 2 rings (SSSR count). The summed E-state index contributed by atoms with van der Waals surface area (Å²) in [5.74, 6) is 0.389. The Morgan fingerprint density at radius 1 is 1.17 bits per heavy atom. The van der Waals surface area contributed by atoms with Crippen LogP contribution in [0.25, 0.3) is 0 Å². The predicted octanol–water partition coefficient (Wildman–Crippen LogP) is 3.49. The van der Waals surface area contributed by atoms with Gasteiger partial charge in [0.25, 0.3) is 5.91 Å². The van der Waals surface area contributed by atoms with Crippen LogP contribution in [0.4, 0.5) is 5.69 Å². The van der Waals surface area contributed by atoms with Crippen LogP contribution >= 0.6 is 0 Å². The molecule has 1 amide bonds. The van der Waals surface area contributed by atoms with Gasteiger partial charge in [0.05, 0.1) is 5.60 Å². The van der Waals surface area contributed by atoms with E-state index in [0.29, 0.717) is 5.75 Å². The maximum absolute atomic E-state index is 11.9. The number of anilines is 1. The van der Waals surface area contributed by atoms with Gasteiger partial charge in [-0.25, -0.2) is 0 Å². The summed E-state index contributed by atoms with van der Waals surface area (Å²) in [5.41, 5.74) is 1.85. The highest BCUT2D eigenvalue weighted by Crippen LogP contribution is 2.22. The fraction of sp³-hybridized carbons (Fsp3) is 0.316. The fourth-order valence-electron chi connectivity index (χ4n) is 2.17. The molecule has 23 heavy (non-hydrogen) atoms. The van der Waals surface area contributed by atoms with E-state index in [0.717, 1.165) is 17.7 Å². The molecule has 0 aliphatic carbocycles. The zero-order valence-corrected chi connectivity index (χ0v) is 13.8. The molecule has 122 valence electrons. The van der Waals surface area contributed by atoms with Crippen LogP contribution in [0.3, 0.4) is 0 Å². The zero-order chi connectivity index (χ0) is 16.9. The molecule has 2 aromatic rings. The minimum absolute atomic E-state index is 0.0573. The van der Waals surface area contributed by atoms with Crippen molar-refractivity contribution in [1.82, 2.24) is 0 Å². The Hall–Kier alpha value is -2.33. The van der Waals surface area contributed by atoms with Gasteiger partial charge in [-0.3, -0.25) is 4.79 Å². The normalized spacial score (nSPS) is 11.1. The van der Waals surface area contributed by atoms with Crippen LogP contribution in [0.1, 0.15) is 31.9 Å². The van der Waals surface area contributed by atoms with E-state index in [1.165, 1.54) is 5.56 Å². The molecule has 2 aromatic carbocycles. The van der Waals surface area contributed by atoms with Gasteiger partial charge in [-0.15, -0.1) is 0 Å². The second-order valence-electron chi connectivity index (χ2n) is 5.97. The largest absolute Gasteiger partial charge is 0.484 e. The number of ether oxygens (including phenoxy) is 1. The third-order valence-corrected chi connectivity index (χ3v) is 3.55.